The van der Waals surface area contributed by atoms with Crippen LogP contribution >= 0.6 is 11.3 Å². The molecule has 4 aromatic carbocycles. The van der Waals surface area contributed by atoms with Crippen molar-refractivity contribution >= 4 is 28.0 Å². The van der Waals surface area contributed by atoms with Crippen molar-refractivity contribution in [2.45, 2.75) is 19.4 Å². The fourth-order valence-corrected chi connectivity index (χ4v) is 7.26. The SMILES string of the molecule is Cc1csc(NC(=O)c2ccc(-c3cnc4ccc(-c5cn(C(c6ccccc6)(c6ccccc6)c6ccccc6)nc5C)cn34)cc2)n1. The van der Waals surface area contributed by atoms with E-state index in [0.29, 0.717) is 10.7 Å². The number of aryl methyl sites for hydroxylation is 2. The molecule has 0 bridgehead atoms. The first-order chi connectivity index (χ1) is 24.0. The Hall–Kier alpha value is -6.12. The lowest BCUT2D eigenvalue weighted by atomic mass is 9.77. The Bertz CT molecular complexity index is 2300. The molecule has 0 radical (unpaired) electrons. The lowest BCUT2D eigenvalue weighted by Crippen LogP contribution is -2.38. The highest BCUT2D eigenvalue weighted by molar-refractivity contribution is 7.13. The Morgan fingerprint density at radius 3 is 1.88 bits per heavy atom. The third-order valence-corrected chi connectivity index (χ3v) is 9.79. The minimum atomic E-state index is -0.705. The Kier molecular flexibility index (Phi) is 7.70. The van der Waals surface area contributed by atoms with Gasteiger partial charge in [0.05, 0.1) is 23.3 Å². The van der Waals surface area contributed by atoms with Gasteiger partial charge in [0.2, 0.25) is 0 Å². The first kappa shape index (κ1) is 30.2. The lowest BCUT2D eigenvalue weighted by molar-refractivity contribution is 0.102. The molecule has 0 aliphatic rings. The summed E-state index contributed by atoms with van der Waals surface area (Å²) in [6.45, 7) is 3.97. The van der Waals surface area contributed by atoms with Gasteiger partial charge in [0.1, 0.15) is 11.2 Å². The van der Waals surface area contributed by atoms with Crippen LogP contribution in [0.25, 0.3) is 28.0 Å². The molecular formula is C41H32N6OS. The molecule has 7 nitrogen and oxygen atoms in total. The molecule has 0 saturated heterocycles. The Morgan fingerprint density at radius 2 is 1.31 bits per heavy atom. The summed E-state index contributed by atoms with van der Waals surface area (Å²) < 4.78 is 4.21. The van der Waals surface area contributed by atoms with Crippen molar-refractivity contribution in [1.29, 1.82) is 0 Å². The number of hydrogen-bond donors (Lipinski definition) is 1. The maximum atomic E-state index is 12.8. The quantitative estimate of drug-likeness (QED) is 0.166. The van der Waals surface area contributed by atoms with Crippen LogP contribution in [0.4, 0.5) is 5.13 Å². The molecular weight excluding hydrogens is 625 g/mol. The molecule has 238 valence electrons. The van der Waals surface area contributed by atoms with Gasteiger partial charge in [-0.3, -0.25) is 19.2 Å². The van der Waals surface area contributed by atoms with E-state index >= 15 is 0 Å². The number of anilines is 1. The van der Waals surface area contributed by atoms with Crippen molar-refractivity contribution in [3.8, 4) is 22.4 Å². The van der Waals surface area contributed by atoms with E-state index in [1.807, 2.05) is 67.0 Å². The summed E-state index contributed by atoms with van der Waals surface area (Å²) in [4.78, 5) is 21.9. The molecule has 1 amide bonds. The monoisotopic (exact) mass is 656 g/mol. The largest absolute Gasteiger partial charge is 0.299 e. The number of fused-ring (bicyclic) bond motifs is 1. The van der Waals surface area contributed by atoms with Gasteiger partial charge in [-0.25, -0.2) is 9.97 Å². The number of carbonyl (C=O) groups excluding carboxylic acids is 1. The third-order valence-electron chi connectivity index (χ3n) is 8.92. The van der Waals surface area contributed by atoms with Crippen LogP contribution in [-0.4, -0.2) is 30.1 Å². The summed E-state index contributed by atoms with van der Waals surface area (Å²) in [7, 11) is 0. The van der Waals surface area contributed by atoms with Crippen LogP contribution in [0.3, 0.4) is 0 Å². The van der Waals surface area contributed by atoms with Crippen LogP contribution in [0.5, 0.6) is 0 Å². The molecule has 0 spiro atoms. The van der Waals surface area contributed by atoms with E-state index in [4.69, 9.17) is 5.10 Å². The van der Waals surface area contributed by atoms with Crippen LogP contribution in [0.1, 0.15) is 38.4 Å². The number of benzene rings is 4. The fraction of sp³-hybridized carbons (Fsp3) is 0.0732. The summed E-state index contributed by atoms with van der Waals surface area (Å²) >= 11 is 1.41. The number of carbonyl (C=O) groups is 1. The maximum Gasteiger partial charge on any atom is 0.257 e. The van der Waals surface area contributed by atoms with Crippen LogP contribution < -0.4 is 5.32 Å². The summed E-state index contributed by atoms with van der Waals surface area (Å²) in [6.07, 6.45) is 6.15. The summed E-state index contributed by atoms with van der Waals surface area (Å²) in [5, 5.41) is 10.6. The summed E-state index contributed by atoms with van der Waals surface area (Å²) in [5.41, 5.74) is 9.77. The predicted octanol–water partition coefficient (Wildman–Crippen LogP) is 9.03. The second-order valence-corrected chi connectivity index (χ2v) is 12.9. The van der Waals surface area contributed by atoms with Crippen molar-refractivity contribution in [2.24, 2.45) is 0 Å². The number of hydrogen-bond acceptors (Lipinski definition) is 5. The second-order valence-electron chi connectivity index (χ2n) is 12.0. The van der Waals surface area contributed by atoms with Gasteiger partial charge in [0, 0.05) is 40.0 Å². The summed E-state index contributed by atoms with van der Waals surface area (Å²) in [5.74, 6) is -0.189. The zero-order valence-corrected chi connectivity index (χ0v) is 27.8. The number of nitrogens with zero attached hydrogens (tertiary/aromatic N) is 5. The first-order valence-corrected chi connectivity index (χ1v) is 16.9. The molecule has 0 aliphatic carbocycles. The van der Waals surface area contributed by atoms with E-state index < -0.39 is 5.54 Å². The van der Waals surface area contributed by atoms with Crippen LogP contribution in [0.2, 0.25) is 0 Å². The lowest BCUT2D eigenvalue weighted by Gasteiger charge is -2.36. The molecule has 49 heavy (non-hydrogen) atoms. The fourth-order valence-electron chi connectivity index (χ4n) is 6.58. The van der Waals surface area contributed by atoms with Crippen molar-refractivity contribution in [1.82, 2.24) is 24.1 Å². The molecule has 8 heteroatoms. The smallest absolute Gasteiger partial charge is 0.257 e. The predicted molar refractivity (Wildman–Crippen MR) is 196 cm³/mol. The zero-order valence-electron chi connectivity index (χ0n) is 27.0. The number of aromatic nitrogens is 5. The highest BCUT2D eigenvalue weighted by Gasteiger charge is 2.39. The molecule has 8 aromatic rings. The topological polar surface area (TPSA) is 77.1 Å². The number of nitrogens with one attached hydrogen (secondary N) is 1. The first-order valence-electron chi connectivity index (χ1n) is 16.1. The van der Waals surface area contributed by atoms with Gasteiger partial charge in [-0.05, 0) is 54.8 Å². The van der Waals surface area contributed by atoms with E-state index in [-0.39, 0.29) is 5.91 Å². The maximum absolute atomic E-state index is 12.8. The van der Waals surface area contributed by atoms with E-state index in [1.54, 1.807) is 0 Å². The molecule has 0 saturated carbocycles. The van der Waals surface area contributed by atoms with Gasteiger partial charge in [0.15, 0.2) is 5.13 Å². The highest BCUT2D eigenvalue weighted by atomic mass is 32.1. The Labute approximate surface area is 288 Å². The molecule has 4 aromatic heterocycles. The van der Waals surface area contributed by atoms with E-state index in [2.05, 4.69) is 123 Å². The molecule has 0 atom stereocenters. The minimum Gasteiger partial charge on any atom is -0.299 e. The number of imidazole rings is 1. The number of thiazole rings is 1. The number of pyridine rings is 1. The molecule has 4 heterocycles. The molecule has 1 N–H and O–H groups in total. The summed E-state index contributed by atoms with van der Waals surface area (Å²) in [6, 6.07) is 43.4. The molecule has 8 rings (SSSR count). The molecule has 0 fully saturated rings. The highest BCUT2D eigenvalue weighted by Crippen LogP contribution is 2.41. The minimum absolute atomic E-state index is 0.189. The Morgan fingerprint density at radius 1 is 0.714 bits per heavy atom. The van der Waals surface area contributed by atoms with Gasteiger partial charge >= 0.3 is 0 Å². The van der Waals surface area contributed by atoms with Crippen molar-refractivity contribution < 1.29 is 4.79 Å². The Balaban J connectivity index is 1.20. The van der Waals surface area contributed by atoms with Crippen LogP contribution in [0, 0.1) is 13.8 Å². The van der Waals surface area contributed by atoms with Crippen LogP contribution in [0.15, 0.2) is 151 Å². The van der Waals surface area contributed by atoms with Crippen molar-refractivity contribution in [3.63, 3.8) is 0 Å². The zero-order chi connectivity index (χ0) is 33.4. The van der Waals surface area contributed by atoms with E-state index in [0.717, 1.165) is 56.1 Å². The average Bonchev–Trinajstić information content (AvgIpc) is 3.88. The standard InChI is InChI=1S/C41H32N6OS/c1-28-27-49-40(43-28)44-39(48)31-20-18-30(19-21-31)37-24-42-38-23-22-32(25-46(37)38)36-26-47(45-29(36)2)41(33-12-6-3-7-13-33,34-14-8-4-9-15-34)35-16-10-5-11-17-35/h3-27H,1-2H3,(H,43,44,48). The van der Waals surface area contributed by atoms with E-state index in [1.165, 1.54) is 11.3 Å². The van der Waals surface area contributed by atoms with Gasteiger partial charge in [-0.1, -0.05) is 103 Å². The third kappa shape index (κ3) is 5.42. The van der Waals surface area contributed by atoms with Gasteiger partial charge < -0.3 is 0 Å². The van der Waals surface area contributed by atoms with Crippen LogP contribution in [-0.2, 0) is 5.54 Å². The second kappa shape index (κ2) is 12.5. The van der Waals surface area contributed by atoms with Gasteiger partial charge in [-0.2, -0.15) is 5.10 Å². The number of amides is 1. The van der Waals surface area contributed by atoms with E-state index in [9.17, 15) is 4.79 Å². The number of rotatable bonds is 8. The van der Waals surface area contributed by atoms with Crippen molar-refractivity contribution in [2.75, 3.05) is 5.32 Å². The van der Waals surface area contributed by atoms with Crippen molar-refractivity contribution in [3.05, 3.63) is 185 Å². The normalized spacial score (nSPS) is 11.6. The molecule has 0 aliphatic heterocycles. The molecule has 0 unspecified atom stereocenters. The van der Waals surface area contributed by atoms with Gasteiger partial charge in [-0.15, -0.1) is 11.3 Å². The average molecular weight is 657 g/mol. The van der Waals surface area contributed by atoms with Gasteiger partial charge in [0.25, 0.3) is 5.91 Å².